The summed E-state index contributed by atoms with van der Waals surface area (Å²) in [6, 6.07) is 12.2. The predicted molar refractivity (Wildman–Crippen MR) is 68.2 cm³/mol. The fraction of sp³-hybridized carbons (Fsp3) is 0.231. The van der Waals surface area contributed by atoms with Gasteiger partial charge in [-0.25, -0.2) is 0 Å². The van der Waals surface area contributed by atoms with Crippen LogP contribution in [-0.4, -0.2) is 7.12 Å². The second kappa shape index (κ2) is 4.48. The zero-order chi connectivity index (χ0) is 11.5. The monoisotopic (exact) mass is 214 g/mol. The highest BCUT2D eigenvalue weighted by atomic mass is 16.6. The second-order valence-corrected chi connectivity index (χ2v) is 3.45. The fourth-order valence-electron chi connectivity index (χ4n) is 1.76. The standard InChI is InChI=1S/C11H9BO2.C2H6/c1-12-13-10-6-8-4-2-3-5-9(8)7-11(10)14-12;1-2/h2-7H,1H3;1-2H3. The van der Waals surface area contributed by atoms with Crippen LogP contribution < -0.4 is 9.31 Å². The molecular formula is C13H15BO2. The maximum absolute atomic E-state index is 5.49. The van der Waals surface area contributed by atoms with Gasteiger partial charge >= 0.3 is 7.12 Å². The zero-order valence-corrected chi connectivity index (χ0v) is 9.86. The van der Waals surface area contributed by atoms with Crippen LogP contribution in [0.25, 0.3) is 10.8 Å². The van der Waals surface area contributed by atoms with Crippen LogP contribution >= 0.6 is 0 Å². The van der Waals surface area contributed by atoms with Gasteiger partial charge in [0.15, 0.2) is 0 Å². The van der Waals surface area contributed by atoms with Crippen molar-refractivity contribution in [2.75, 3.05) is 0 Å². The summed E-state index contributed by atoms with van der Waals surface area (Å²) in [7, 11) is -0.165. The molecule has 0 aromatic heterocycles. The van der Waals surface area contributed by atoms with Crippen molar-refractivity contribution < 1.29 is 9.31 Å². The Balaban J connectivity index is 0.000000457. The molecule has 0 fully saturated rings. The highest BCUT2D eigenvalue weighted by Crippen LogP contribution is 2.36. The van der Waals surface area contributed by atoms with Crippen molar-refractivity contribution in [2.45, 2.75) is 20.7 Å². The summed E-state index contributed by atoms with van der Waals surface area (Å²) in [6.45, 7) is 5.89. The minimum atomic E-state index is -0.165. The predicted octanol–water partition coefficient (Wildman–Crippen LogP) is 3.76. The molecule has 1 heterocycles. The molecule has 0 radical (unpaired) electrons. The topological polar surface area (TPSA) is 18.5 Å². The lowest BCUT2D eigenvalue weighted by Crippen LogP contribution is -2.18. The van der Waals surface area contributed by atoms with Crippen LogP contribution in [0.3, 0.4) is 0 Å². The molecular weight excluding hydrogens is 199 g/mol. The second-order valence-electron chi connectivity index (χ2n) is 3.45. The van der Waals surface area contributed by atoms with E-state index in [-0.39, 0.29) is 7.12 Å². The number of hydrogen-bond donors (Lipinski definition) is 0. The molecule has 1 aliphatic rings. The molecule has 82 valence electrons. The SMILES string of the molecule is CB1Oc2cc3ccccc3cc2O1.CC. The number of fused-ring (bicyclic) bond motifs is 2. The Labute approximate surface area is 96.3 Å². The van der Waals surface area contributed by atoms with Crippen molar-refractivity contribution in [1.82, 2.24) is 0 Å². The van der Waals surface area contributed by atoms with Gasteiger partial charge < -0.3 is 9.31 Å². The molecule has 3 rings (SSSR count). The molecule has 16 heavy (non-hydrogen) atoms. The van der Waals surface area contributed by atoms with Gasteiger partial charge in [0, 0.05) is 0 Å². The average Bonchev–Trinajstić information content (AvgIpc) is 2.67. The molecule has 0 atom stereocenters. The summed E-state index contributed by atoms with van der Waals surface area (Å²) in [4.78, 5) is 0. The van der Waals surface area contributed by atoms with Gasteiger partial charge in [-0.1, -0.05) is 38.1 Å². The Kier molecular flexibility index (Phi) is 3.04. The first-order valence-corrected chi connectivity index (χ1v) is 5.69. The van der Waals surface area contributed by atoms with E-state index >= 15 is 0 Å². The van der Waals surface area contributed by atoms with E-state index in [4.69, 9.17) is 9.31 Å². The summed E-state index contributed by atoms with van der Waals surface area (Å²) in [6.07, 6.45) is 0. The third-order valence-electron chi connectivity index (χ3n) is 2.40. The fourth-order valence-corrected chi connectivity index (χ4v) is 1.76. The normalized spacial score (nSPS) is 12.3. The summed E-state index contributed by atoms with van der Waals surface area (Å²) in [5, 5.41) is 2.37. The van der Waals surface area contributed by atoms with Crippen molar-refractivity contribution in [2.24, 2.45) is 0 Å². The molecule has 0 N–H and O–H groups in total. The maximum Gasteiger partial charge on any atom is 0.591 e. The van der Waals surface area contributed by atoms with E-state index in [1.54, 1.807) is 0 Å². The minimum absolute atomic E-state index is 0.165. The molecule has 0 saturated carbocycles. The van der Waals surface area contributed by atoms with Gasteiger partial charge in [-0.15, -0.1) is 0 Å². The first-order valence-electron chi connectivity index (χ1n) is 5.69. The molecule has 0 bridgehead atoms. The van der Waals surface area contributed by atoms with Crippen LogP contribution in [0.1, 0.15) is 13.8 Å². The smallest absolute Gasteiger partial charge is 0.523 e. The van der Waals surface area contributed by atoms with Crippen molar-refractivity contribution in [1.29, 1.82) is 0 Å². The van der Waals surface area contributed by atoms with E-state index in [1.807, 2.05) is 44.9 Å². The molecule has 2 nitrogen and oxygen atoms in total. The molecule has 2 aromatic rings. The zero-order valence-electron chi connectivity index (χ0n) is 9.86. The lowest BCUT2D eigenvalue weighted by atomic mass is 9.97. The van der Waals surface area contributed by atoms with Gasteiger partial charge in [-0.3, -0.25) is 0 Å². The van der Waals surface area contributed by atoms with Gasteiger partial charge in [0.1, 0.15) is 11.5 Å². The van der Waals surface area contributed by atoms with Crippen molar-refractivity contribution >= 4 is 17.9 Å². The molecule has 0 spiro atoms. The van der Waals surface area contributed by atoms with Gasteiger partial charge in [-0.2, -0.15) is 0 Å². The third kappa shape index (κ3) is 1.85. The van der Waals surface area contributed by atoms with E-state index in [1.165, 1.54) is 10.8 Å². The van der Waals surface area contributed by atoms with E-state index in [0.29, 0.717) is 0 Å². The van der Waals surface area contributed by atoms with Crippen LogP contribution in [0.2, 0.25) is 6.82 Å². The Bertz CT molecular complexity index is 452. The highest BCUT2D eigenvalue weighted by molar-refractivity contribution is 6.46. The van der Waals surface area contributed by atoms with Crippen LogP contribution in [0.15, 0.2) is 36.4 Å². The van der Waals surface area contributed by atoms with E-state index in [0.717, 1.165) is 11.5 Å². The van der Waals surface area contributed by atoms with Crippen molar-refractivity contribution in [3.05, 3.63) is 36.4 Å². The highest BCUT2D eigenvalue weighted by Gasteiger charge is 2.26. The number of rotatable bonds is 0. The maximum atomic E-state index is 5.49. The van der Waals surface area contributed by atoms with Gasteiger partial charge in [0.2, 0.25) is 0 Å². The number of hydrogen-bond acceptors (Lipinski definition) is 2. The molecule has 2 aromatic carbocycles. The average molecular weight is 214 g/mol. The quantitative estimate of drug-likeness (QED) is 0.621. The van der Waals surface area contributed by atoms with Gasteiger partial charge in [-0.05, 0) is 29.7 Å². The Hall–Kier alpha value is -1.64. The summed E-state index contributed by atoms with van der Waals surface area (Å²) in [5.74, 6) is 1.69. The first-order chi connectivity index (χ1) is 7.83. The molecule has 0 amide bonds. The minimum Gasteiger partial charge on any atom is -0.523 e. The van der Waals surface area contributed by atoms with E-state index in [2.05, 4.69) is 12.1 Å². The third-order valence-corrected chi connectivity index (χ3v) is 2.40. The van der Waals surface area contributed by atoms with Crippen LogP contribution in [0.5, 0.6) is 11.5 Å². The van der Waals surface area contributed by atoms with Crippen LogP contribution in [-0.2, 0) is 0 Å². The molecule has 0 aliphatic carbocycles. The number of benzene rings is 2. The summed E-state index contributed by atoms with van der Waals surface area (Å²) >= 11 is 0. The van der Waals surface area contributed by atoms with Gasteiger partial charge in [0.05, 0.1) is 0 Å². The lowest BCUT2D eigenvalue weighted by Gasteiger charge is -2.00. The van der Waals surface area contributed by atoms with Gasteiger partial charge in [0.25, 0.3) is 0 Å². The lowest BCUT2D eigenvalue weighted by molar-refractivity contribution is 0.510. The van der Waals surface area contributed by atoms with Crippen molar-refractivity contribution in [3.63, 3.8) is 0 Å². The summed E-state index contributed by atoms with van der Waals surface area (Å²) in [5.41, 5.74) is 0. The molecule has 1 aliphatic heterocycles. The van der Waals surface area contributed by atoms with Crippen LogP contribution in [0, 0.1) is 0 Å². The largest absolute Gasteiger partial charge is 0.591 e. The summed E-state index contributed by atoms with van der Waals surface area (Å²) < 4.78 is 11.0. The van der Waals surface area contributed by atoms with E-state index in [9.17, 15) is 0 Å². The Morgan fingerprint density at radius 1 is 0.875 bits per heavy atom. The molecule has 0 saturated heterocycles. The molecule has 0 unspecified atom stereocenters. The Morgan fingerprint density at radius 2 is 1.31 bits per heavy atom. The molecule has 3 heteroatoms. The van der Waals surface area contributed by atoms with E-state index < -0.39 is 0 Å². The Morgan fingerprint density at radius 3 is 1.75 bits per heavy atom. The van der Waals surface area contributed by atoms with Crippen LogP contribution in [0.4, 0.5) is 0 Å². The first kappa shape index (κ1) is 10.9. The van der Waals surface area contributed by atoms with Crippen molar-refractivity contribution in [3.8, 4) is 11.5 Å².